The Balaban J connectivity index is 1.65. The summed E-state index contributed by atoms with van der Waals surface area (Å²) in [5.74, 6) is -0.807. The molecule has 0 spiro atoms. The van der Waals surface area contributed by atoms with Gasteiger partial charge in [0.15, 0.2) is 5.13 Å². The van der Waals surface area contributed by atoms with Gasteiger partial charge in [-0.1, -0.05) is 0 Å². The van der Waals surface area contributed by atoms with Crippen molar-refractivity contribution in [3.63, 3.8) is 0 Å². The van der Waals surface area contributed by atoms with E-state index in [1.165, 1.54) is 22.2 Å². The monoisotopic (exact) mass is 398 g/mol. The van der Waals surface area contributed by atoms with Crippen molar-refractivity contribution in [3.8, 4) is 11.3 Å². The molecule has 0 radical (unpaired) electrons. The fourth-order valence-electron chi connectivity index (χ4n) is 2.77. The minimum atomic E-state index is -0.576. The van der Waals surface area contributed by atoms with Gasteiger partial charge in [0.05, 0.1) is 11.3 Å². The highest BCUT2D eigenvalue weighted by Gasteiger charge is 2.23. The first kappa shape index (κ1) is 17.7. The van der Waals surface area contributed by atoms with E-state index in [2.05, 4.69) is 20.3 Å². The largest absolute Gasteiger partial charge is 0.442 e. The van der Waals surface area contributed by atoms with Gasteiger partial charge in [0.2, 0.25) is 5.71 Å². The quantitative estimate of drug-likeness (QED) is 0.476. The first-order valence-electron chi connectivity index (χ1n) is 8.05. The Morgan fingerprint density at radius 2 is 2.18 bits per heavy atom. The molecule has 0 unspecified atom stereocenters. The Bertz CT molecular complexity index is 1290. The number of carbonyl (C=O) groups excluding carboxylic acids is 2. The van der Waals surface area contributed by atoms with E-state index in [-0.39, 0.29) is 33.7 Å². The van der Waals surface area contributed by atoms with Crippen LogP contribution in [0.25, 0.3) is 22.4 Å². The third kappa shape index (κ3) is 2.87. The second-order valence-corrected chi connectivity index (χ2v) is 6.89. The summed E-state index contributed by atoms with van der Waals surface area (Å²) in [5, 5.41) is 4.85. The Kier molecular flexibility index (Phi) is 4.08. The number of rotatable bonds is 4. The lowest BCUT2D eigenvalue weighted by Crippen LogP contribution is -2.20. The molecule has 10 nitrogen and oxygen atoms in total. The van der Waals surface area contributed by atoms with Crippen LogP contribution < -0.4 is 16.6 Å². The molecule has 4 heterocycles. The minimum absolute atomic E-state index is 0.108. The molecule has 142 valence electrons. The number of aromatic amines is 1. The lowest BCUT2D eigenvalue weighted by atomic mass is 10.2. The smallest absolute Gasteiger partial charge is 0.265 e. The molecule has 0 saturated heterocycles. The lowest BCUT2D eigenvalue weighted by molar-refractivity contribution is 0.0993. The Labute approximate surface area is 161 Å². The second-order valence-electron chi connectivity index (χ2n) is 6.03. The number of nitrogens with two attached hydrogens (primary N) is 1. The number of hydrogen-bond acceptors (Lipinski definition) is 7. The third-order valence-corrected chi connectivity index (χ3v) is 4.90. The average Bonchev–Trinajstić information content (AvgIpc) is 3.35. The number of carbonyl (C=O) groups is 2. The number of hydrogen-bond donors (Lipinski definition) is 3. The minimum Gasteiger partial charge on any atom is -0.442 e. The van der Waals surface area contributed by atoms with Crippen LogP contribution in [-0.4, -0.2) is 31.3 Å². The van der Waals surface area contributed by atoms with Crippen LogP contribution in [0, 0.1) is 6.92 Å². The van der Waals surface area contributed by atoms with Gasteiger partial charge < -0.3 is 19.7 Å². The molecule has 0 fully saturated rings. The van der Waals surface area contributed by atoms with Gasteiger partial charge in [-0.2, -0.15) is 0 Å². The molecule has 0 aliphatic heterocycles. The third-order valence-electron chi connectivity index (χ3n) is 4.14. The number of furan rings is 1. The fraction of sp³-hybridized carbons (Fsp3) is 0.118. The topological polar surface area (TPSA) is 149 Å². The number of nitrogens with one attached hydrogen (secondary N) is 2. The van der Waals surface area contributed by atoms with E-state index in [4.69, 9.17) is 10.2 Å². The van der Waals surface area contributed by atoms with E-state index < -0.39 is 11.8 Å². The van der Waals surface area contributed by atoms with Gasteiger partial charge in [-0.25, -0.2) is 9.97 Å². The molecular weight excluding hydrogens is 384 g/mol. The van der Waals surface area contributed by atoms with Gasteiger partial charge in [-0.05, 0) is 13.0 Å². The number of nitrogens with zero attached hydrogens (tertiary/aromatic N) is 3. The molecule has 4 aromatic rings. The number of aryl methyl sites for hydroxylation is 2. The molecule has 11 heteroatoms. The molecule has 0 atom stereocenters. The maximum atomic E-state index is 12.8. The predicted octanol–water partition coefficient (Wildman–Crippen LogP) is 1.64. The van der Waals surface area contributed by atoms with Crippen LogP contribution in [0.4, 0.5) is 5.13 Å². The van der Waals surface area contributed by atoms with Gasteiger partial charge in [0.25, 0.3) is 17.4 Å². The lowest BCUT2D eigenvalue weighted by Gasteiger charge is -2.01. The number of primary amides is 1. The molecule has 0 aliphatic rings. The molecule has 0 aliphatic carbocycles. The van der Waals surface area contributed by atoms with Gasteiger partial charge in [-0.15, -0.1) is 11.3 Å². The highest BCUT2D eigenvalue weighted by molar-refractivity contribution is 7.14. The molecular formula is C17H14N6O4S. The van der Waals surface area contributed by atoms with Crippen molar-refractivity contribution in [1.82, 2.24) is 19.5 Å². The van der Waals surface area contributed by atoms with Crippen LogP contribution in [0.5, 0.6) is 0 Å². The zero-order chi connectivity index (χ0) is 20.0. The molecule has 0 bridgehead atoms. The number of fused-ring (bicyclic) bond motifs is 1. The number of anilines is 1. The fourth-order valence-corrected chi connectivity index (χ4v) is 3.48. The summed E-state index contributed by atoms with van der Waals surface area (Å²) in [5.41, 5.74) is 6.57. The van der Waals surface area contributed by atoms with Gasteiger partial charge >= 0.3 is 0 Å². The molecule has 4 N–H and O–H groups in total. The summed E-state index contributed by atoms with van der Waals surface area (Å²) in [6, 6.07) is 1.58. The van der Waals surface area contributed by atoms with E-state index >= 15 is 0 Å². The Morgan fingerprint density at radius 1 is 1.39 bits per heavy atom. The maximum absolute atomic E-state index is 12.8. The highest BCUT2D eigenvalue weighted by Crippen LogP contribution is 2.27. The van der Waals surface area contributed by atoms with Crippen LogP contribution in [0.15, 0.2) is 33.2 Å². The number of amides is 2. The van der Waals surface area contributed by atoms with E-state index in [1.807, 2.05) is 0 Å². The average molecular weight is 398 g/mol. The Hall–Kier alpha value is -3.73. The normalized spacial score (nSPS) is 11.1. The van der Waals surface area contributed by atoms with Crippen molar-refractivity contribution in [2.24, 2.45) is 12.8 Å². The molecule has 4 rings (SSSR count). The van der Waals surface area contributed by atoms with Crippen LogP contribution in [-0.2, 0) is 7.05 Å². The van der Waals surface area contributed by atoms with Crippen molar-refractivity contribution in [1.29, 1.82) is 0 Å². The van der Waals surface area contributed by atoms with E-state index in [9.17, 15) is 14.4 Å². The summed E-state index contributed by atoms with van der Waals surface area (Å²) in [6.07, 6.45) is 2.93. The van der Waals surface area contributed by atoms with Crippen molar-refractivity contribution in [2.75, 3.05) is 5.32 Å². The van der Waals surface area contributed by atoms with Crippen molar-refractivity contribution in [3.05, 3.63) is 51.3 Å². The molecule has 2 amide bonds. The van der Waals surface area contributed by atoms with E-state index in [0.717, 1.165) is 0 Å². The zero-order valence-corrected chi connectivity index (χ0v) is 15.6. The molecule has 0 saturated carbocycles. The van der Waals surface area contributed by atoms with Gasteiger partial charge in [-0.3, -0.25) is 19.7 Å². The maximum Gasteiger partial charge on any atom is 0.265 e. The Morgan fingerprint density at radius 3 is 2.89 bits per heavy atom. The highest BCUT2D eigenvalue weighted by atomic mass is 32.1. The number of aromatic nitrogens is 4. The first-order chi connectivity index (χ1) is 13.3. The summed E-state index contributed by atoms with van der Waals surface area (Å²) < 4.78 is 6.72. The van der Waals surface area contributed by atoms with Crippen LogP contribution in [0.3, 0.4) is 0 Å². The summed E-state index contributed by atoms with van der Waals surface area (Å²) in [4.78, 5) is 47.5. The standard InChI is InChI=1S/C17H14N6O4S/c1-7-11(12-15(27-7)20-6-23(2)16(12)26)14(25)22-17-21-10(5-28-17)8-3-9(13(18)24)19-4-8/h3-6,19H,1-2H3,(H2,18,24)(H,21,22,25). The number of H-pyrrole nitrogens is 1. The first-order valence-corrected chi connectivity index (χ1v) is 8.93. The second kappa shape index (κ2) is 6.46. The zero-order valence-electron chi connectivity index (χ0n) is 14.8. The van der Waals surface area contributed by atoms with E-state index in [0.29, 0.717) is 16.4 Å². The summed E-state index contributed by atoms with van der Waals surface area (Å²) in [6.45, 7) is 1.59. The van der Waals surface area contributed by atoms with Crippen LogP contribution >= 0.6 is 11.3 Å². The molecule has 28 heavy (non-hydrogen) atoms. The summed E-state index contributed by atoms with van der Waals surface area (Å²) in [7, 11) is 1.54. The predicted molar refractivity (Wildman–Crippen MR) is 102 cm³/mol. The van der Waals surface area contributed by atoms with Crippen LogP contribution in [0.2, 0.25) is 0 Å². The van der Waals surface area contributed by atoms with Gasteiger partial charge in [0, 0.05) is 24.2 Å². The van der Waals surface area contributed by atoms with Gasteiger partial charge in [0.1, 0.15) is 23.2 Å². The van der Waals surface area contributed by atoms with Crippen molar-refractivity contribution < 1.29 is 14.0 Å². The van der Waals surface area contributed by atoms with E-state index in [1.54, 1.807) is 31.6 Å². The number of thiazole rings is 1. The van der Waals surface area contributed by atoms with Crippen molar-refractivity contribution in [2.45, 2.75) is 6.92 Å². The summed E-state index contributed by atoms with van der Waals surface area (Å²) >= 11 is 1.20. The molecule has 4 aromatic heterocycles. The molecule has 0 aromatic carbocycles. The SMILES string of the molecule is Cc1oc2ncn(C)c(=O)c2c1C(=O)Nc1nc(-c2c[nH]c(C(N)=O)c2)cs1. The van der Waals surface area contributed by atoms with Crippen molar-refractivity contribution >= 4 is 39.4 Å². The van der Waals surface area contributed by atoms with Crippen LogP contribution in [0.1, 0.15) is 26.6 Å².